The molecule has 0 spiro atoms. The van der Waals surface area contributed by atoms with Gasteiger partial charge in [0.2, 0.25) is 0 Å². The fraction of sp³-hybridized carbons (Fsp3) is 0.462. The Balaban J connectivity index is 2.48. The van der Waals surface area contributed by atoms with E-state index in [1.807, 2.05) is 18.2 Å². The first-order valence-corrected chi connectivity index (χ1v) is 7.13. The van der Waals surface area contributed by atoms with Gasteiger partial charge in [-0.25, -0.2) is 14.8 Å². The second-order valence-corrected chi connectivity index (χ2v) is 5.15. The number of aryl methyl sites for hydroxylation is 1. The third kappa shape index (κ3) is 6.09. The lowest BCUT2D eigenvalue weighted by Crippen LogP contribution is -2.41. The quantitative estimate of drug-likeness (QED) is 0.592. The Morgan fingerprint density at radius 2 is 2.14 bits per heavy atom. The number of hydrogen-bond acceptors (Lipinski definition) is 4. The first kappa shape index (κ1) is 17.4. The van der Waals surface area contributed by atoms with Crippen molar-refractivity contribution in [2.45, 2.75) is 12.8 Å². The van der Waals surface area contributed by atoms with E-state index in [1.165, 1.54) is 14.2 Å². The molecular formula is C13H18BrN3O4. The molecule has 0 aliphatic heterocycles. The maximum atomic E-state index is 11.6. The predicted molar refractivity (Wildman–Crippen MR) is 79.6 cm³/mol. The fourth-order valence-electron chi connectivity index (χ4n) is 1.65. The molecule has 1 aromatic rings. The highest BCUT2D eigenvalue weighted by molar-refractivity contribution is 9.10. The monoisotopic (exact) mass is 359 g/mol. The first-order chi connectivity index (χ1) is 9.93. The average Bonchev–Trinajstić information content (AvgIpc) is 2.45. The molecule has 7 nitrogen and oxygen atoms in total. The smallest absolute Gasteiger partial charge is 0.407 e. The number of hydrogen-bond donors (Lipinski definition) is 1. The van der Waals surface area contributed by atoms with Crippen molar-refractivity contribution in [1.82, 2.24) is 14.9 Å². The molecule has 0 atom stereocenters. The number of aromatic nitrogens is 1. The molecule has 0 fully saturated rings. The number of likely N-dealkylation sites (N-methyl/N-ethyl adjacent to an activating group) is 1. The third-order valence-electron chi connectivity index (χ3n) is 2.86. The van der Waals surface area contributed by atoms with Crippen molar-refractivity contribution in [1.29, 1.82) is 0 Å². The summed E-state index contributed by atoms with van der Waals surface area (Å²) in [5.74, 6) is -0.416. The van der Waals surface area contributed by atoms with Gasteiger partial charge in [-0.15, -0.1) is 0 Å². The summed E-state index contributed by atoms with van der Waals surface area (Å²) in [7, 11) is 2.79. The van der Waals surface area contributed by atoms with Gasteiger partial charge < -0.3 is 5.11 Å². The Bertz CT molecular complexity index is 498. The van der Waals surface area contributed by atoms with E-state index in [2.05, 4.69) is 20.9 Å². The second-order valence-electron chi connectivity index (χ2n) is 4.33. The van der Waals surface area contributed by atoms with Crippen LogP contribution in [0, 0.1) is 0 Å². The van der Waals surface area contributed by atoms with E-state index in [0.717, 1.165) is 20.3 Å². The van der Waals surface area contributed by atoms with Gasteiger partial charge in [-0.1, -0.05) is 6.07 Å². The Morgan fingerprint density at radius 1 is 1.43 bits per heavy atom. The molecule has 0 saturated heterocycles. The molecule has 116 valence electrons. The van der Waals surface area contributed by atoms with Crippen molar-refractivity contribution < 1.29 is 19.5 Å². The Labute approximate surface area is 131 Å². The average molecular weight is 360 g/mol. The van der Waals surface area contributed by atoms with Crippen LogP contribution in [0.3, 0.4) is 0 Å². The summed E-state index contributed by atoms with van der Waals surface area (Å²) in [6.45, 7) is 0.0262. The highest BCUT2D eigenvalue weighted by atomic mass is 79.9. The number of hydroxylamine groups is 2. The summed E-state index contributed by atoms with van der Waals surface area (Å²) in [6, 6.07) is 5.57. The Kier molecular flexibility index (Phi) is 7.10. The van der Waals surface area contributed by atoms with E-state index >= 15 is 0 Å². The number of carbonyl (C=O) groups is 2. The summed E-state index contributed by atoms with van der Waals surface area (Å²) in [5.41, 5.74) is 0.870. The number of carboxylic acid groups (broad SMARTS) is 1. The van der Waals surface area contributed by atoms with Gasteiger partial charge >= 0.3 is 6.09 Å². The lowest BCUT2D eigenvalue weighted by molar-refractivity contribution is -0.169. The Morgan fingerprint density at radius 3 is 2.71 bits per heavy atom. The van der Waals surface area contributed by atoms with Crippen LogP contribution in [0.1, 0.15) is 12.1 Å². The molecule has 2 amide bonds. The Hall–Kier alpha value is -1.67. The molecule has 21 heavy (non-hydrogen) atoms. The molecular weight excluding hydrogens is 342 g/mol. The number of carbonyl (C=O) groups excluding carboxylic acids is 1. The van der Waals surface area contributed by atoms with Crippen LogP contribution in [0.25, 0.3) is 0 Å². The largest absolute Gasteiger partial charge is 0.465 e. The summed E-state index contributed by atoms with van der Waals surface area (Å²) in [4.78, 5) is 32.8. The standard InChI is InChI=1S/C13H18BrN3O4/c1-16(21-2)12(18)9-17(13(19)20)8-4-6-10-5-3-7-11(14)15-10/h3,5,7H,4,6,8-9H2,1-2H3,(H,19,20). The molecule has 0 aliphatic rings. The number of nitrogens with zero attached hydrogens (tertiary/aromatic N) is 3. The van der Waals surface area contributed by atoms with Gasteiger partial charge in [0.1, 0.15) is 11.1 Å². The van der Waals surface area contributed by atoms with Crippen LogP contribution in [0.2, 0.25) is 0 Å². The highest BCUT2D eigenvalue weighted by Gasteiger charge is 2.18. The van der Waals surface area contributed by atoms with Crippen LogP contribution in [-0.4, -0.2) is 59.3 Å². The number of rotatable bonds is 7. The lowest BCUT2D eigenvalue weighted by atomic mass is 10.2. The number of amides is 2. The van der Waals surface area contributed by atoms with E-state index in [-0.39, 0.29) is 13.1 Å². The second kappa shape index (κ2) is 8.58. The summed E-state index contributed by atoms with van der Waals surface area (Å²) >= 11 is 3.28. The van der Waals surface area contributed by atoms with Gasteiger partial charge in [0.25, 0.3) is 5.91 Å². The minimum atomic E-state index is -1.13. The van der Waals surface area contributed by atoms with Crippen LogP contribution in [0.4, 0.5) is 4.79 Å². The van der Waals surface area contributed by atoms with E-state index < -0.39 is 12.0 Å². The normalized spacial score (nSPS) is 10.2. The summed E-state index contributed by atoms with van der Waals surface area (Å²) in [5, 5.41) is 10.1. The molecule has 0 aromatic carbocycles. The van der Waals surface area contributed by atoms with Gasteiger partial charge in [0.15, 0.2) is 0 Å². The zero-order valence-corrected chi connectivity index (χ0v) is 13.5. The van der Waals surface area contributed by atoms with E-state index in [1.54, 1.807) is 0 Å². The van der Waals surface area contributed by atoms with Crippen LogP contribution in [0.15, 0.2) is 22.8 Å². The first-order valence-electron chi connectivity index (χ1n) is 6.34. The zero-order valence-electron chi connectivity index (χ0n) is 12.0. The van der Waals surface area contributed by atoms with Crippen LogP contribution < -0.4 is 0 Å². The summed E-state index contributed by atoms with van der Waals surface area (Å²) < 4.78 is 0.743. The maximum absolute atomic E-state index is 11.6. The van der Waals surface area contributed by atoms with E-state index in [9.17, 15) is 9.59 Å². The van der Waals surface area contributed by atoms with Gasteiger partial charge in [-0.2, -0.15) is 0 Å². The van der Waals surface area contributed by atoms with Gasteiger partial charge in [-0.05, 0) is 40.9 Å². The van der Waals surface area contributed by atoms with Gasteiger partial charge in [0.05, 0.1) is 7.11 Å². The van der Waals surface area contributed by atoms with Crippen molar-refractivity contribution in [2.24, 2.45) is 0 Å². The maximum Gasteiger partial charge on any atom is 0.407 e. The van der Waals surface area contributed by atoms with Crippen molar-refractivity contribution in [3.8, 4) is 0 Å². The fourth-order valence-corrected chi connectivity index (χ4v) is 2.03. The predicted octanol–water partition coefficient (Wildman–Crippen LogP) is 1.78. The van der Waals surface area contributed by atoms with Gasteiger partial charge in [0, 0.05) is 19.3 Å². The van der Waals surface area contributed by atoms with Crippen molar-refractivity contribution in [3.05, 3.63) is 28.5 Å². The number of pyridine rings is 1. The van der Waals surface area contributed by atoms with Crippen molar-refractivity contribution in [2.75, 3.05) is 27.2 Å². The molecule has 1 aromatic heterocycles. The molecule has 0 saturated carbocycles. The molecule has 0 unspecified atom stereocenters. The van der Waals surface area contributed by atoms with Crippen LogP contribution in [0.5, 0.6) is 0 Å². The van der Waals surface area contributed by atoms with E-state index in [4.69, 9.17) is 9.94 Å². The van der Waals surface area contributed by atoms with Crippen LogP contribution in [-0.2, 0) is 16.1 Å². The van der Waals surface area contributed by atoms with Crippen LogP contribution >= 0.6 is 15.9 Å². The lowest BCUT2D eigenvalue weighted by Gasteiger charge is -2.21. The molecule has 8 heteroatoms. The minimum absolute atomic E-state index is 0.231. The molecule has 0 radical (unpaired) electrons. The molecule has 1 rings (SSSR count). The third-order valence-corrected chi connectivity index (χ3v) is 3.30. The highest BCUT2D eigenvalue weighted by Crippen LogP contribution is 2.08. The SMILES string of the molecule is CON(C)C(=O)CN(CCCc1cccc(Br)n1)C(=O)O. The summed E-state index contributed by atoms with van der Waals surface area (Å²) in [6.07, 6.45) is 0.0899. The molecule has 1 N–H and O–H groups in total. The van der Waals surface area contributed by atoms with Crippen molar-refractivity contribution in [3.63, 3.8) is 0 Å². The molecule has 0 bridgehead atoms. The molecule has 1 heterocycles. The van der Waals surface area contributed by atoms with Gasteiger partial charge in [-0.3, -0.25) is 14.5 Å². The van der Waals surface area contributed by atoms with Crippen molar-refractivity contribution >= 4 is 27.9 Å². The molecule has 0 aliphatic carbocycles. The number of halogens is 1. The zero-order chi connectivity index (χ0) is 15.8. The topological polar surface area (TPSA) is 83.0 Å². The minimum Gasteiger partial charge on any atom is -0.465 e. The van der Waals surface area contributed by atoms with E-state index in [0.29, 0.717) is 12.8 Å².